The monoisotopic (exact) mass is 344 g/mol. The Labute approximate surface area is 147 Å². The summed E-state index contributed by atoms with van der Waals surface area (Å²) in [6, 6.07) is 10.8. The Bertz CT molecular complexity index is 713. The first-order chi connectivity index (χ1) is 11.6. The molecule has 1 fully saturated rings. The molecule has 1 aromatic carbocycles. The van der Waals surface area contributed by atoms with E-state index in [0.29, 0.717) is 12.6 Å². The van der Waals surface area contributed by atoms with Crippen LogP contribution >= 0.6 is 11.8 Å². The van der Waals surface area contributed by atoms with Crippen molar-refractivity contribution >= 4 is 23.4 Å². The van der Waals surface area contributed by atoms with Gasteiger partial charge in [-0.05, 0) is 19.4 Å². The average Bonchev–Trinajstić information content (AvgIpc) is 2.82. The minimum atomic E-state index is 0.0297. The molecule has 0 radical (unpaired) electrons. The fourth-order valence-corrected chi connectivity index (χ4v) is 4.28. The van der Waals surface area contributed by atoms with E-state index in [9.17, 15) is 4.79 Å². The maximum atomic E-state index is 12.6. The van der Waals surface area contributed by atoms with Crippen molar-refractivity contribution in [2.75, 3.05) is 29.9 Å². The lowest BCUT2D eigenvalue weighted by atomic mass is 10.1. The van der Waals surface area contributed by atoms with Gasteiger partial charge in [-0.25, -0.2) is 0 Å². The molecule has 1 aliphatic heterocycles. The number of hydrogen-bond donors (Lipinski definition) is 1. The molecule has 1 atom stereocenters. The second-order valence-corrected chi connectivity index (χ2v) is 7.34. The normalized spacial score (nSPS) is 18.5. The lowest BCUT2D eigenvalue weighted by Gasteiger charge is -2.35. The molecule has 6 heteroatoms. The molecule has 1 saturated heterocycles. The van der Waals surface area contributed by atoms with E-state index in [2.05, 4.69) is 39.6 Å². The number of benzene rings is 1. The average molecular weight is 344 g/mol. The van der Waals surface area contributed by atoms with Gasteiger partial charge in [0, 0.05) is 31.1 Å². The quantitative estimate of drug-likeness (QED) is 0.927. The lowest BCUT2D eigenvalue weighted by Crippen LogP contribution is -2.41. The first-order valence-corrected chi connectivity index (χ1v) is 9.38. The zero-order chi connectivity index (χ0) is 17.1. The predicted molar refractivity (Wildman–Crippen MR) is 99.4 cm³/mol. The molecule has 2 heterocycles. The van der Waals surface area contributed by atoms with Crippen LogP contribution in [0.25, 0.3) is 0 Å². The summed E-state index contributed by atoms with van der Waals surface area (Å²) in [5.41, 5.74) is 3.96. The van der Waals surface area contributed by atoms with E-state index < -0.39 is 0 Å². The van der Waals surface area contributed by atoms with Gasteiger partial charge in [-0.15, -0.1) is 0 Å². The summed E-state index contributed by atoms with van der Waals surface area (Å²) in [7, 11) is 1.89. The molecule has 24 heavy (non-hydrogen) atoms. The maximum absolute atomic E-state index is 12.6. The second kappa shape index (κ2) is 7.40. The van der Waals surface area contributed by atoms with Gasteiger partial charge < -0.3 is 5.32 Å². The number of rotatable bonds is 4. The van der Waals surface area contributed by atoms with Crippen molar-refractivity contribution in [3.63, 3.8) is 0 Å². The van der Waals surface area contributed by atoms with Crippen molar-refractivity contribution in [1.29, 1.82) is 0 Å². The Hall–Kier alpha value is -1.79. The number of anilines is 1. The van der Waals surface area contributed by atoms with Crippen LogP contribution < -0.4 is 5.32 Å². The first kappa shape index (κ1) is 17.0. The van der Waals surface area contributed by atoms with E-state index >= 15 is 0 Å². The number of thioether (sulfide) groups is 1. The number of carbonyl (C=O) groups excluding carboxylic acids is 1. The number of amides is 1. The SMILES string of the molecule is Cc1nn(C)c(C)c1NC(=O)CN1CCSC[C@@H]1c1ccccc1. The molecular formula is C18H24N4OS. The van der Waals surface area contributed by atoms with Crippen molar-refractivity contribution in [2.45, 2.75) is 19.9 Å². The summed E-state index contributed by atoms with van der Waals surface area (Å²) in [4.78, 5) is 14.9. The van der Waals surface area contributed by atoms with E-state index in [1.165, 1.54) is 5.56 Å². The molecule has 1 N–H and O–H groups in total. The molecule has 3 rings (SSSR count). The van der Waals surface area contributed by atoms with Crippen LogP contribution in [0.2, 0.25) is 0 Å². The van der Waals surface area contributed by atoms with Gasteiger partial charge in [0.2, 0.25) is 5.91 Å². The highest BCUT2D eigenvalue weighted by Crippen LogP contribution is 2.29. The Morgan fingerprint density at radius 1 is 1.33 bits per heavy atom. The van der Waals surface area contributed by atoms with Crippen LogP contribution in [-0.4, -0.2) is 45.2 Å². The molecule has 128 valence electrons. The van der Waals surface area contributed by atoms with Gasteiger partial charge in [-0.2, -0.15) is 16.9 Å². The van der Waals surface area contributed by atoms with Gasteiger partial charge in [0.15, 0.2) is 0 Å². The van der Waals surface area contributed by atoms with Gasteiger partial charge in [-0.1, -0.05) is 30.3 Å². The van der Waals surface area contributed by atoms with Crippen LogP contribution in [0.15, 0.2) is 30.3 Å². The van der Waals surface area contributed by atoms with E-state index in [-0.39, 0.29) is 5.91 Å². The minimum absolute atomic E-state index is 0.0297. The van der Waals surface area contributed by atoms with Crippen molar-refractivity contribution in [3.05, 3.63) is 47.3 Å². The number of aromatic nitrogens is 2. The Balaban J connectivity index is 1.70. The largest absolute Gasteiger partial charge is 0.322 e. The van der Waals surface area contributed by atoms with Crippen LogP contribution in [0.1, 0.15) is 23.0 Å². The standard InChI is InChI=1S/C18H24N4OS/c1-13-18(14(2)21(3)20-13)19-17(23)11-22-9-10-24-12-16(22)15-7-5-4-6-8-15/h4-8,16H,9-12H2,1-3H3,(H,19,23)/t16-/m1/s1. The third kappa shape index (κ3) is 3.65. The fourth-order valence-electron chi connectivity index (χ4n) is 3.13. The summed E-state index contributed by atoms with van der Waals surface area (Å²) >= 11 is 1.95. The van der Waals surface area contributed by atoms with Crippen molar-refractivity contribution in [2.24, 2.45) is 7.05 Å². The molecule has 1 aromatic heterocycles. The molecule has 1 amide bonds. The molecule has 0 spiro atoms. The zero-order valence-electron chi connectivity index (χ0n) is 14.5. The molecule has 0 unspecified atom stereocenters. The number of carbonyl (C=O) groups is 1. The summed E-state index contributed by atoms with van der Waals surface area (Å²) in [5, 5.41) is 7.41. The summed E-state index contributed by atoms with van der Waals surface area (Å²) in [6.07, 6.45) is 0. The number of hydrogen-bond acceptors (Lipinski definition) is 4. The number of aryl methyl sites for hydroxylation is 2. The van der Waals surface area contributed by atoms with Crippen LogP contribution in [-0.2, 0) is 11.8 Å². The molecule has 0 aliphatic carbocycles. The Morgan fingerprint density at radius 2 is 2.08 bits per heavy atom. The molecule has 1 aliphatic rings. The number of nitrogens with one attached hydrogen (secondary N) is 1. The van der Waals surface area contributed by atoms with E-state index in [0.717, 1.165) is 35.1 Å². The van der Waals surface area contributed by atoms with Crippen molar-refractivity contribution < 1.29 is 4.79 Å². The number of nitrogens with zero attached hydrogens (tertiary/aromatic N) is 3. The van der Waals surface area contributed by atoms with Crippen LogP contribution in [0.5, 0.6) is 0 Å². The summed E-state index contributed by atoms with van der Waals surface area (Å²) in [6.45, 7) is 5.24. The van der Waals surface area contributed by atoms with Crippen molar-refractivity contribution in [3.8, 4) is 0 Å². The van der Waals surface area contributed by atoms with Crippen LogP contribution in [0, 0.1) is 13.8 Å². The van der Waals surface area contributed by atoms with Gasteiger partial charge in [0.1, 0.15) is 0 Å². The predicted octanol–water partition coefficient (Wildman–Crippen LogP) is 2.77. The summed E-state index contributed by atoms with van der Waals surface area (Å²) in [5.74, 6) is 2.13. The first-order valence-electron chi connectivity index (χ1n) is 8.23. The van der Waals surface area contributed by atoms with Crippen LogP contribution in [0.4, 0.5) is 5.69 Å². The molecule has 0 bridgehead atoms. The van der Waals surface area contributed by atoms with Crippen LogP contribution in [0.3, 0.4) is 0 Å². The molecular weight excluding hydrogens is 320 g/mol. The van der Waals surface area contributed by atoms with E-state index in [1.807, 2.05) is 38.7 Å². The maximum Gasteiger partial charge on any atom is 0.238 e. The zero-order valence-corrected chi connectivity index (χ0v) is 15.3. The molecule has 5 nitrogen and oxygen atoms in total. The highest BCUT2D eigenvalue weighted by molar-refractivity contribution is 7.99. The highest BCUT2D eigenvalue weighted by atomic mass is 32.2. The third-order valence-corrected chi connectivity index (χ3v) is 5.57. The minimum Gasteiger partial charge on any atom is -0.322 e. The fraction of sp³-hybridized carbons (Fsp3) is 0.444. The van der Waals surface area contributed by atoms with Gasteiger partial charge in [0.05, 0.1) is 23.6 Å². The van der Waals surface area contributed by atoms with Gasteiger partial charge in [0.25, 0.3) is 0 Å². The molecule has 2 aromatic rings. The summed E-state index contributed by atoms with van der Waals surface area (Å²) < 4.78 is 1.80. The van der Waals surface area contributed by atoms with E-state index in [4.69, 9.17) is 0 Å². The lowest BCUT2D eigenvalue weighted by molar-refractivity contribution is -0.117. The van der Waals surface area contributed by atoms with Crippen molar-refractivity contribution in [1.82, 2.24) is 14.7 Å². The highest BCUT2D eigenvalue weighted by Gasteiger charge is 2.26. The van der Waals surface area contributed by atoms with E-state index in [1.54, 1.807) is 4.68 Å². The Kier molecular flexibility index (Phi) is 5.26. The Morgan fingerprint density at radius 3 is 2.75 bits per heavy atom. The van der Waals surface area contributed by atoms with Gasteiger partial charge in [-0.3, -0.25) is 14.4 Å². The topological polar surface area (TPSA) is 50.2 Å². The second-order valence-electron chi connectivity index (χ2n) is 6.19. The smallest absolute Gasteiger partial charge is 0.238 e. The third-order valence-electron chi connectivity index (χ3n) is 4.54. The van der Waals surface area contributed by atoms with Gasteiger partial charge >= 0.3 is 0 Å². The molecule has 0 saturated carbocycles.